The lowest BCUT2D eigenvalue weighted by Crippen LogP contribution is -1.98. The minimum atomic E-state index is 0.616. The molecule has 0 heterocycles. The molecule has 0 unspecified atom stereocenters. The first-order chi connectivity index (χ1) is 5.75. The standard InChI is InChI=1S/C8H10BrN.C2H6/c1-6-7(5-10)3-2-4-8(6)9;1-2/h2-4H,5,10H2,1H3;1-2H3. The molecule has 1 aromatic rings. The molecule has 0 atom stereocenters. The maximum atomic E-state index is 5.50. The predicted octanol–water partition coefficient (Wildman–Crippen LogP) is 3.24. The Morgan fingerprint density at radius 1 is 1.33 bits per heavy atom. The van der Waals surface area contributed by atoms with Crippen LogP contribution in [-0.2, 0) is 6.54 Å². The van der Waals surface area contributed by atoms with Crippen LogP contribution in [0, 0.1) is 6.92 Å². The number of rotatable bonds is 1. The molecule has 2 N–H and O–H groups in total. The number of benzene rings is 1. The second-order valence-electron chi connectivity index (χ2n) is 2.23. The molecule has 12 heavy (non-hydrogen) atoms. The van der Waals surface area contributed by atoms with E-state index < -0.39 is 0 Å². The Morgan fingerprint density at radius 2 is 1.92 bits per heavy atom. The topological polar surface area (TPSA) is 26.0 Å². The fraction of sp³-hybridized carbons (Fsp3) is 0.400. The first-order valence-electron chi connectivity index (χ1n) is 4.19. The summed E-state index contributed by atoms with van der Waals surface area (Å²) in [6.45, 7) is 6.68. The van der Waals surface area contributed by atoms with Gasteiger partial charge in [0.1, 0.15) is 0 Å². The van der Waals surface area contributed by atoms with Gasteiger partial charge in [0.2, 0.25) is 0 Å². The Kier molecular flexibility index (Phi) is 6.03. The van der Waals surface area contributed by atoms with Crippen LogP contribution in [0.15, 0.2) is 22.7 Å². The monoisotopic (exact) mass is 229 g/mol. The Morgan fingerprint density at radius 3 is 2.33 bits per heavy atom. The highest BCUT2D eigenvalue weighted by molar-refractivity contribution is 9.10. The summed E-state index contributed by atoms with van der Waals surface area (Å²) in [7, 11) is 0. The molecule has 68 valence electrons. The number of hydrogen-bond acceptors (Lipinski definition) is 1. The van der Waals surface area contributed by atoms with Crippen molar-refractivity contribution in [3.8, 4) is 0 Å². The van der Waals surface area contributed by atoms with Crippen LogP contribution in [0.5, 0.6) is 0 Å². The summed E-state index contributed by atoms with van der Waals surface area (Å²) in [4.78, 5) is 0. The van der Waals surface area contributed by atoms with Gasteiger partial charge in [0.05, 0.1) is 0 Å². The normalized spacial score (nSPS) is 8.75. The van der Waals surface area contributed by atoms with Crippen molar-refractivity contribution < 1.29 is 0 Å². The quantitative estimate of drug-likeness (QED) is 0.787. The molecule has 1 nitrogen and oxygen atoms in total. The summed E-state index contributed by atoms with van der Waals surface area (Å²) >= 11 is 3.43. The minimum absolute atomic E-state index is 0.616. The van der Waals surface area contributed by atoms with E-state index in [1.165, 1.54) is 11.1 Å². The zero-order chi connectivity index (χ0) is 9.56. The van der Waals surface area contributed by atoms with E-state index in [-0.39, 0.29) is 0 Å². The largest absolute Gasteiger partial charge is 0.326 e. The first kappa shape index (κ1) is 11.7. The van der Waals surface area contributed by atoms with Crippen LogP contribution < -0.4 is 5.73 Å². The molecule has 0 amide bonds. The maximum absolute atomic E-state index is 5.50. The minimum Gasteiger partial charge on any atom is -0.326 e. The summed E-state index contributed by atoms with van der Waals surface area (Å²) in [6, 6.07) is 6.06. The Hall–Kier alpha value is -0.340. The molecule has 0 saturated carbocycles. The third-order valence-electron chi connectivity index (χ3n) is 1.60. The van der Waals surface area contributed by atoms with Gasteiger partial charge in [0.25, 0.3) is 0 Å². The van der Waals surface area contributed by atoms with E-state index in [0.717, 1.165) is 4.47 Å². The molecule has 0 saturated heterocycles. The molecule has 2 heteroatoms. The average Bonchev–Trinajstić information content (AvgIpc) is 2.13. The lowest BCUT2D eigenvalue weighted by Gasteiger charge is -2.02. The van der Waals surface area contributed by atoms with Crippen molar-refractivity contribution in [3.63, 3.8) is 0 Å². The Balaban J connectivity index is 0.000000561. The highest BCUT2D eigenvalue weighted by Crippen LogP contribution is 2.18. The molecular formula is C10H16BrN. The molecule has 0 aromatic heterocycles. The highest BCUT2D eigenvalue weighted by atomic mass is 79.9. The van der Waals surface area contributed by atoms with Gasteiger partial charge in [-0.1, -0.05) is 41.9 Å². The predicted molar refractivity (Wildman–Crippen MR) is 58.1 cm³/mol. The summed E-state index contributed by atoms with van der Waals surface area (Å²) in [6.07, 6.45) is 0. The van der Waals surface area contributed by atoms with Gasteiger partial charge in [-0.15, -0.1) is 0 Å². The fourth-order valence-electron chi connectivity index (χ4n) is 0.873. The molecule has 1 aromatic carbocycles. The highest BCUT2D eigenvalue weighted by Gasteiger charge is 1.97. The molecule has 0 aliphatic heterocycles. The van der Waals surface area contributed by atoms with E-state index in [4.69, 9.17) is 5.73 Å². The van der Waals surface area contributed by atoms with Crippen LogP contribution in [0.1, 0.15) is 25.0 Å². The maximum Gasteiger partial charge on any atom is 0.0207 e. The van der Waals surface area contributed by atoms with Crippen LogP contribution in [0.3, 0.4) is 0 Å². The smallest absolute Gasteiger partial charge is 0.0207 e. The van der Waals surface area contributed by atoms with Gasteiger partial charge in [-0.2, -0.15) is 0 Å². The second kappa shape index (κ2) is 6.21. The average molecular weight is 230 g/mol. The van der Waals surface area contributed by atoms with Gasteiger partial charge in [0, 0.05) is 11.0 Å². The van der Waals surface area contributed by atoms with Crippen molar-refractivity contribution in [2.24, 2.45) is 5.73 Å². The van der Waals surface area contributed by atoms with E-state index in [9.17, 15) is 0 Å². The van der Waals surface area contributed by atoms with Crippen molar-refractivity contribution in [2.45, 2.75) is 27.3 Å². The van der Waals surface area contributed by atoms with Gasteiger partial charge in [-0.05, 0) is 24.1 Å². The zero-order valence-corrected chi connectivity index (χ0v) is 9.48. The van der Waals surface area contributed by atoms with E-state index in [1.54, 1.807) is 0 Å². The van der Waals surface area contributed by atoms with Crippen LogP contribution >= 0.6 is 15.9 Å². The van der Waals surface area contributed by atoms with Gasteiger partial charge in [-0.3, -0.25) is 0 Å². The number of halogens is 1. The molecule has 0 radical (unpaired) electrons. The van der Waals surface area contributed by atoms with E-state index >= 15 is 0 Å². The van der Waals surface area contributed by atoms with Crippen LogP contribution in [-0.4, -0.2) is 0 Å². The van der Waals surface area contributed by atoms with Gasteiger partial charge >= 0.3 is 0 Å². The molecule has 0 aliphatic carbocycles. The SMILES string of the molecule is CC.Cc1c(Br)cccc1CN. The third kappa shape index (κ3) is 2.95. The van der Waals surface area contributed by atoms with Crippen LogP contribution in [0.25, 0.3) is 0 Å². The van der Waals surface area contributed by atoms with Crippen LogP contribution in [0.2, 0.25) is 0 Å². The second-order valence-corrected chi connectivity index (χ2v) is 3.08. The Bertz CT molecular complexity index is 233. The third-order valence-corrected chi connectivity index (χ3v) is 2.46. The zero-order valence-electron chi connectivity index (χ0n) is 7.89. The van der Waals surface area contributed by atoms with Gasteiger partial charge in [0.15, 0.2) is 0 Å². The van der Waals surface area contributed by atoms with Crippen molar-refractivity contribution in [2.75, 3.05) is 0 Å². The molecule has 0 fully saturated rings. The van der Waals surface area contributed by atoms with Gasteiger partial charge < -0.3 is 5.73 Å². The molecular weight excluding hydrogens is 214 g/mol. The van der Waals surface area contributed by atoms with Gasteiger partial charge in [-0.25, -0.2) is 0 Å². The lowest BCUT2D eigenvalue weighted by molar-refractivity contribution is 1.05. The molecule has 0 bridgehead atoms. The Labute approximate surface area is 83.1 Å². The van der Waals surface area contributed by atoms with Crippen molar-refractivity contribution in [1.82, 2.24) is 0 Å². The summed E-state index contributed by atoms with van der Waals surface area (Å²) < 4.78 is 1.13. The van der Waals surface area contributed by atoms with Crippen molar-refractivity contribution >= 4 is 15.9 Å². The summed E-state index contributed by atoms with van der Waals surface area (Å²) in [5, 5.41) is 0. The lowest BCUT2D eigenvalue weighted by atomic mass is 10.1. The van der Waals surface area contributed by atoms with E-state index in [2.05, 4.69) is 22.9 Å². The molecule has 1 rings (SSSR count). The fourth-order valence-corrected chi connectivity index (χ4v) is 1.28. The van der Waals surface area contributed by atoms with Crippen LogP contribution in [0.4, 0.5) is 0 Å². The van der Waals surface area contributed by atoms with Crippen molar-refractivity contribution in [1.29, 1.82) is 0 Å². The van der Waals surface area contributed by atoms with E-state index in [1.807, 2.05) is 32.0 Å². The van der Waals surface area contributed by atoms with Crippen molar-refractivity contribution in [3.05, 3.63) is 33.8 Å². The summed E-state index contributed by atoms with van der Waals surface area (Å²) in [5.74, 6) is 0. The molecule has 0 aliphatic rings. The molecule has 0 spiro atoms. The number of hydrogen-bond donors (Lipinski definition) is 1. The number of nitrogens with two attached hydrogens (primary N) is 1. The van der Waals surface area contributed by atoms with E-state index in [0.29, 0.717) is 6.54 Å². The summed E-state index contributed by atoms with van der Waals surface area (Å²) in [5.41, 5.74) is 7.94. The first-order valence-corrected chi connectivity index (χ1v) is 4.99.